The molecule has 0 radical (unpaired) electrons. The summed E-state index contributed by atoms with van der Waals surface area (Å²) >= 11 is 3.40. The standard InChI is InChI=1S/C19H28BrNO5/c1-19(2,3)26-18(24)21-16(17(22)23)13-14-7-9-15(10-8-14)25-12-6-4-5-11-20/h7-10,16H,4-6,11-13H2,1-3H3,(H,21,24)(H,22,23). The van der Waals surface area contributed by atoms with E-state index in [-0.39, 0.29) is 6.42 Å². The summed E-state index contributed by atoms with van der Waals surface area (Å²) < 4.78 is 10.8. The number of benzene rings is 1. The van der Waals surface area contributed by atoms with Gasteiger partial charge in [0.15, 0.2) is 0 Å². The Hall–Kier alpha value is -1.76. The van der Waals surface area contributed by atoms with Gasteiger partial charge in [0.25, 0.3) is 0 Å². The van der Waals surface area contributed by atoms with Crippen molar-refractivity contribution in [3.05, 3.63) is 29.8 Å². The lowest BCUT2D eigenvalue weighted by molar-refractivity contribution is -0.139. The number of halogens is 1. The molecule has 1 unspecified atom stereocenters. The van der Waals surface area contributed by atoms with E-state index in [4.69, 9.17) is 9.47 Å². The van der Waals surface area contributed by atoms with Crippen LogP contribution in [0.5, 0.6) is 5.75 Å². The summed E-state index contributed by atoms with van der Waals surface area (Å²) in [6.07, 6.45) is 2.66. The maximum absolute atomic E-state index is 11.8. The Balaban J connectivity index is 2.53. The van der Waals surface area contributed by atoms with Crippen LogP contribution in [0.4, 0.5) is 4.79 Å². The van der Waals surface area contributed by atoms with Gasteiger partial charge in [0.1, 0.15) is 17.4 Å². The van der Waals surface area contributed by atoms with Gasteiger partial charge in [-0.25, -0.2) is 9.59 Å². The number of aliphatic carboxylic acids is 1. The van der Waals surface area contributed by atoms with E-state index < -0.39 is 23.7 Å². The van der Waals surface area contributed by atoms with Crippen LogP contribution in [0.15, 0.2) is 24.3 Å². The minimum absolute atomic E-state index is 0.167. The minimum atomic E-state index is -1.11. The summed E-state index contributed by atoms with van der Waals surface area (Å²) in [7, 11) is 0. The smallest absolute Gasteiger partial charge is 0.408 e. The molecule has 0 saturated carbocycles. The number of unbranched alkanes of at least 4 members (excludes halogenated alkanes) is 2. The van der Waals surface area contributed by atoms with E-state index in [1.54, 1.807) is 32.9 Å². The van der Waals surface area contributed by atoms with Crippen molar-refractivity contribution in [2.75, 3.05) is 11.9 Å². The molecular weight excluding hydrogens is 402 g/mol. The van der Waals surface area contributed by atoms with Crippen LogP contribution in [0.2, 0.25) is 0 Å². The minimum Gasteiger partial charge on any atom is -0.494 e. The number of ether oxygens (including phenoxy) is 2. The molecule has 0 saturated heterocycles. The summed E-state index contributed by atoms with van der Waals surface area (Å²) in [5, 5.41) is 12.7. The highest BCUT2D eigenvalue weighted by atomic mass is 79.9. The predicted molar refractivity (Wildman–Crippen MR) is 104 cm³/mol. The number of carbonyl (C=O) groups excluding carboxylic acids is 1. The third-order valence-corrected chi connectivity index (χ3v) is 3.96. The summed E-state index contributed by atoms with van der Waals surface area (Å²) in [5.41, 5.74) is 0.112. The largest absolute Gasteiger partial charge is 0.494 e. The zero-order chi connectivity index (χ0) is 19.6. The lowest BCUT2D eigenvalue weighted by Gasteiger charge is -2.22. The van der Waals surface area contributed by atoms with E-state index in [1.807, 2.05) is 12.1 Å². The lowest BCUT2D eigenvalue weighted by atomic mass is 10.1. The molecule has 1 aromatic rings. The molecule has 2 N–H and O–H groups in total. The summed E-state index contributed by atoms with van der Waals surface area (Å²) in [4.78, 5) is 23.2. The van der Waals surface area contributed by atoms with Crippen LogP contribution < -0.4 is 10.1 Å². The second-order valence-electron chi connectivity index (χ2n) is 6.98. The lowest BCUT2D eigenvalue weighted by Crippen LogP contribution is -2.44. The Morgan fingerprint density at radius 2 is 1.81 bits per heavy atom. The third kappa shape index (κ3) is 9.65. The second-order valence-corrected chi connectivity index (χ2v) is 7.78. The number of alkyl halides is 1. The zero-order valence-corrected chi connectivity index (χ0v) is 17.2. The molecule has 6 nitrogen and oxygen atoms in total. The van der Waals surface area contributed by atoms with E-state index in [0.717, 1.165) is 35.9 Å². The number of hydrogen-bond donors (Lipinski definition) is 2. The highest BCUT2D eigenvalue weighted by Crippen LogP contribution is 2.15. The number of amides is 1. The molecule has 0 spiro atoms. The highest BCUT2D eigenvalue weighted by Gasteiger charge is 2.24. The van der Waals surface area contributed by atoms with Crippen LogP contribution >= 0.6 is 15.9 Å². The second kappa shape index (κ2) is 11.1. The maximum atomic E-state index is 11.8. The molecule has 0 bridgehead atoms. The first-order valence-electron chi connectivity index (χ1n) is 8.71. The third-order valence-electron chi connectivity index (χ3n) is 3.40. The van der Waals surface area contributed by atoms with E-state index >= 15 is 0 Å². The molecule has 1 aromatic carbocycles. The van der Waals surface area contributed by atoms with E-state index in [9.17, 15) is 14.7 Å². The Bertz CT molecular complexity index is 568. The molecular formula is C19H28BrNO5. The van der Waals surface area contributed by atoms with Gasteiger partial charge >= 0.3 is 12.1 Å². The Labute approximate surface area is 163 Å². The molecule has 0 aliphatic rings. The Morgan fingerprint density at radius 3 is 2.35 bits per heavy atom. The number of carboxylic acids is 1. The number of hydrogen-bond acceptors (Lipinski definition) is 4. The number of nitrogens with one attached hydrogen (secondary N) is 1. The van der Waals surface area contributed by atoms with Crippen LogP contribution in [0.1, 0.15) is 45.6 Å². The van der Waals surface area contributed by atoms with Crippen molar-refractivity contribution in [3.63, 3.8) is 0 Å². The van der Waals surface area contributed by atoms with Crippen molar-refractivity contribution in [2.45, 2.75) is 58.1 Å². The van der Waals surface area contributed by atoms with Crippen molar-refractivity contribution in [1.82, 2.24) is 5.32 Å². The van der Waals surface area contributed by atoms with Gasteiger partial charge < -0.3 is 19.9 Å². The fourth-order valence-corrected chi connectivity index (χ4v) is 2.57. The van der Waals surface area contributed by atoms with E-state index in [0.29, 0.717) is 6.61 Å². The molecule has 0 heterocycles. The normalized spacial score (nSPS) is 12.3. The molecule has 0 aromatic heterocycles. The fourth-order valence-electron chi connectivity index (χ4n) is 2.17. The van der Waals surface area contributed by atoms with Crippen molar-refractivity contribution < 1.29 is 24.2 Å². The van der Waals surface area contributed by atoms with Crippen LogP contribution in [0.3, 0.4) is 0 Å². The van der Waals surface area contributed by atoms with Crippen LogP contribution in [0, 0.1) is 0 Å². The van der Waals surface area contributed by atoms with Crippen LogP contribution in [-0.2, 0) is 16.0 Å². The van der Waals surface area contributed by atoms with E-state index in [1.165, 1.54) is 0 Å². The van der Waals surface area contributed by atoms with Gasteiger partial charge in [-0.1, -0.05) is 28.1 Å². The van der Waals surface area contributed by atoms with Gasteiger partial charge in [-0.05, 0) is 57.7 Å². The molecule has 1 amide bonds. The van der Waals surface area contributed by atoms with Gasteiger partial charge in [0.2, 0.25) is 0 Å². The molecule has 1 rings (SSSR count). The molecule has 7 heteroatoms. The van der Waals surface area contributed by atoms with E-state index in [2.05, 4.69) is 21.2 Å². The average Bonchev–Trinajstić information content (AvgIpc) is 2.53. The van der Waals surface area contributed by atoms with Gasteiger partial charge in [-0.2, -0.15) is 0 Å². The number of alkyl carbamates (subject to hydrolysis) is 1. The van der Waals surface area contributed by atoms with Crippen LogP contribution in [0.25, 0.3) is 0 Å². The first kappa shape index (κ1) is 22.3. The first-order valence-corrected chi connectivity index (χ1v) is 9.83. The summed E-state index contributed by atoms with van der Waals surface area (Å²) in [5.74, 6) is -0.359. The highest BCUT2D eigenvalue weighted by molar-refractivity contribution is 9.09. The Morgan fingerprint density at radius 1 is 1.15 bits per heavy atom. The zero-order valence-electron chi connectivity index (χ0n) is 15.6. The van der Waals surface area contributed by atoms with Crippen molar-refractivity contribution in [3.8, 4) is 5.75 Å². The van der Waals surface area contributed by atoms with Crippen molar-refractivity contribution in [1.29, 1.82) is 0 Å². The van der Waals surface area contributed by atoms with Gasteiger partial charge in [0, 0.05) is 11.8 Å². The first-order chi connectivity index (χ1) is 12.2. The van der Waals surface area contributed by atoms with Crippen molar-refractivity contribution >= 4 is 28.0 Å². The van der Waals surface area contributed by atoms with Crippen LogP contribution in [-0.4, -0.2) is 40.7 Å². The molecule has 1 atom stereocenters. The molecule has 0 aliphatic carbocycles. The van der Waals surface area contributed by atoms with Crippen molar-refractivity contribution in [2.24, 2.45) is 0 Å². The monoisotopic (exact) mass is 429 g/mol. The van der Waals surface area contributed by atoms with Gasteiger partial charge in [-0.15, -0.1) is 0 Å². The van der Waals surface area contributed by atoms with Gasteiger partial charge in [-0.3, -0.25) is 0 Å². The quantitative estimate of drug-likeness (QED) is 0.430. The average molecular weight is 430 g/mol. The predicted octanol–water partition coefficient (Wildman–Crippen LogP) is 4.15. The number of carboxylic acid groups (broad SMARTS) is 1. The fraction of sp³-hybridized carbons (Fsp3) is 0.579. The number of rotatable bonds is 10. The summed E-state index contributed by atoms with van der Waals surface area (Å²) in [6.45, 7) is 5.83. The maximum Gasteiger partial charge on any atom is 0.408 e. The Kier molecular flexibility index (Phi) is 9.48. The number of carbonyl (C=O) groups is 2. The molecule has 26 heavy (non-hydrogen) atoms. The SMILES string of the molecule is CC(C)(C)OC(=O)NC(Cc1ccc(OCCCCCBr)cc1)C(=O)O. The molecule has 146 valence electrons. The van der Waals surface area contributed by atoms with Gasteiger partial charge in [0.05, 0.1) is 6.61 Å². The topological polar surface area (TPSA) is 84.9 Å². The molecule has 0 fully saturated rings. The molecule has 0 aliphatic heterocycles. The summed E-state index contributed by atoms with van der Waals surface area (Å²) in [6, 6.07) is 6.18.